The smallest absolute Gasteiger partial charge is 0.412 e. The highest BCUT2D eigenvalue weighted by molar-refractivity contribution is 5.85. The summed E-state index contributed by atoms with van der Waals surface area (Å²) in [5.41, 5.74) is -1.81. The maximum absolute atomic E-state index is 14.0. The van der Waals surface area contributed by atoms with E-state index >= 15 is 0 Å². The second-order valence-electron chi connectivity index (χ2n) is 6.67. The van der Waals surface area contributed by atoms with E-state index in [1.807, 2.05) is 0 Å². The van der Waals surface area contributed by atoms with Gasteiger partial charge in [-0.25, -0.2) is 14.6 Å². The summed E-state index contributed by atoms with van der Waals surface area (Å²) in [5, 5.41) is 2.94. The molecule has 0 unspecified atom stereocenters. The molecule has 0 radical (unpaired) electrons. The zero-order valence-corrected chi connectivity index (χ0v) is 16.4. The molecule has 1 aromatic rings. The van der Waals surface area contributed by atoms with Gasteiger partial charge in [-0.1, -0.05) is 25.3 Å². The zero-order chi connectivity index (χ0) is 22.1. The summed E-state index contributed by atoms with van der Waals surface area (Å²) in [6.45, 7) is 7.07. The topological polar surface area (TPSA) is 93.1 Å². The molecule has 0 aromatic heterocycles. The van der Waals surface area contributed by atoms with Crippen LogP contribution >= 0.6 is 0 Å². The van der Waals surface area contributed by atoms with Crippen LogP contribution < -0.4 is 11.2 Å². The van der Waals surface area contributed by atoms with Gasteiger partial charge in [0.05, 0.1) is 11.6 Å². The minimum Gasteiger partial charge on any atom is -0.412 e. The van der Waals surface area contributed by atoms with E-state index in [9.17, 15) is 26.7 Å². The molecule has 1 saturated heterocycles. The lowest BCUT2D eigenvalue weighted by atomic mass is 9.84. The average molecular weight is 436 g/mol. The van der Waals surface area contributed by atoms with E-state index in [1.54, 1.807) is 0 Å². The summed E-state index contributed by atoms with van der Waals surface area (Å²) in [6.07, 6.45) is -3.81. The predicted molar refractivity (Wildman–Crippen MR) is 105 cm³/mol. The molecule has 1 fully saturated rings. The van der Waals surface area contributed by atoms with Crippen molar-refractivity contribution in [1.29, 1.82) is 0 Å². The molecule has 2 rings (SSSR count). The van der Waals surface area contributed by atoms with E-state index < -0.39 is 41.3 Å². The Kier molecular flexibility index (Phi) is 7.76. The largest absolute Gasteiger partial charge is 0.432 e. The first-order valence-corrected chi connectivity index (χ1v) is 8.47. The summed E-state index contributed by atoms with van der Waals surface area (Å²) in [7, 11) is 2.45. The number of amides is 1. The van der Waals surface area contributed by atoms with E-state index in [4.69, 9.17) is 5.84 Å². The number of benzene rings is 1. The van der Waals surface area contributed by atoms with Gasteiger partial charge in [-0.05, 0) is 17.7 Å². The highest BCUT2D eigenvalue weighted by Gasteiger charge is 2.47. The summed E-state index contributed by atoms with van der Waals surface area (Å²) in [5.74, 6) is 0.378. The van der Waals surface area contributed by atoms with Gasteiger partial charge in [0.25, 0.3) is 0 Å². The summed E-state index contributed by atoms with van der Waals surface area (Å²) >= 11 is 0. The van der Waals surface area contributed by atoms with Gasteiger partial charge < -0.3 is 20.7 Å². The Bertz CT molecular complexity index is 873. The number of rotatable bonds is 6. The van der Waals surface area contributed by atoms with Gasteiger partial charge >= 0.3 is 6.18 Å². The molecule has 11 heteroatoms. The van der Waals surface area contributed by atoms with E-state index in [-0.39, 0.29) is 30.4 Å². The molecule has 6 nitrogen and oxygen atoms in total. The second kappa shape index (κ2) is 9.26. The van der Waals surface area contributed by atoms with Crippen molar-refractivity contribution in [2.45, 2.75) is 6.18 Å². The number of hydrogen-bond donors (Lipinski definition) is 2. The molecule has 0 bridgehead atoms. The van der Waals surface area contributed by atoms with Crippen LogP contribution in [-0.4, -0.2) is 48.1 Å². The molecule has 0 aliphatic carbocycles. The zero-order valence-electron chi connectivity index (χ0n) is 16.4. The Morgan fingerprint density at radius 1 is 1.40 bits per heavy atom. The number of allylic oxidation sites excluding steroid dienone is 2. The van der Waals surface area contributed by atoms with Crippen LogP contribution in [0.3, 0.4) is 0 Å². The maximum Gasteiger partial charge on any atom is 0.432 e. The first kappa shape index (κ1) is 25.1. The molecule has 1 amide bonds. The SMILES string of the molecule is C=C/C(=C(\N(C)N)C(F)(F)F)[C@H]1CN(C)C(=O)[C@@H]1C(=C)Nc1cccc(F)c1F.O.[HH]. The number of nitrogens with zero attached hydrogens (tertiary/aromatic N) is 2. The number of anilines is 1. The number of nitrogens with one attached hydrogen (secondary N) is 1. The molecule has 5 N–H and O–H groups in total. The highest BCUT2D eigenvalue weighted by Crippen LogP contribution is 2.40. The number of halogens is 5. The minimum atomic E-state index is -4.80. The second-order valence-corrected chi connectivity index (χ2v) is 6.67. The minimum absolute atomic E-state index is 0. The van der Waals surface area contributed by atoms with Gasteiger partial charge in [-0.2, -0.15) is 13.2 Å². The van der Waals surface area contributed by atoms with Crippen LogP contribution in [0, 0.1) is 23.5 Å². The Balaban J connectivity index is 0.00000450. The van der Waals surface area contributed by atoms with Crippen LogP contribution in [0.5, 0.6) is 0 Å². The fourth-order valence-electron chi connectivity index (χ4n) is 3.41. The van der Waals surface area contributed by atoms with Gasteiger partial charge in [0.2, 0.25) is 5.91 Å². The molecule has 1 aliphatic heterocycles. The molecular weight excluding hydrogens is 411 g/mol. The molecule has 168 valence electrons. The lowest BCUT2D eigenvalue weighted by Gasteiger charge is -2.27. The first-order chi connectivity index (χ1) is 13.4. The Morgan fingerprint density at radius 2 is 2.00 bits per heavy atom. The van der Waals surface area contributed by atoms with Crippen LogP contribution in [0.2, 0.25) is 0 Å². The van der Waals surface area contributed by atoms with Crippen molar-refractivity contribution < 1.29 is 33.6 Å². The maximum atomic E-state index is 14.0. The summed E-state index contributed by atoms with van der Waals surface area (Å²) in [6, 6.07) is 3.38. The molecule has 30 heavy (non-hydrogen) atoms. The third-order valence-electron chi connectivity index (χ3n) is 4.65. The van der Waals surface area contributed by atoms with E-state index in [0.717, 1.165) is 19.2 Å². The van der Waals surface area contributed by atoms with E-state index in [1.165, 1.54) is 24.1 Å². The summed E-state index contributed by atoms with van der Waals surface area (Å²) < 4.78 is 68.1. The Hall–Kier alpha value is -2.92. The molecule has 2 atom stereocenters. The third-order valence-corrected chi connectivity index (χ3v) is 4.65. The van der Waals surface area contributed by atoms with Crippen LogP contribution in [0.15, 0.2) is 54.4 Å². The number of hydrazine groups is 1. The normalized spacial score (nSPS) is 19.7. The van der Waals surface area contributed by atoms with Gasteiger partial charge in [-0.3, -0.25) is 4.79 Å². The van der Waals surface area contributed by atoms with Crippen molar-refractivity contribution in [2.75, 3.05) is 26.0 Å². The monoisotopic (exact) mass is 436 g/mol. The van der Waals surface area contributed by atoms with Crippen molar-refractivity contribution in [2.24, 2.45) is 17.7 Å². The highest BCUT2D eigenvalue weighted by atomic mass is 19.4. The number of hydrogen-bond acceptors (Lipinski definition) is 4. The standard InChI is InChI=1S/C19H21F5N4O.H2O.H2/c1-5-11(17(28(4)25)19(22,23)24)12-9-27(3)18(29)15(12)10(2)26-14-8-6-7-13(20)16(14)21;;/h5-8,12,15,26H,1-2,9,25H2,3-4H3;1H2;1H/b17-11+;;/t12-,15-;;/m1../s1. The number of alkyl halides is 3. The number of carbonyl (C=O) groups is 1. The van der Waals surface area contributed by atoms with Crippen LogP contribution in [0.4, 0.5) is 27.6 Å². The van der Waals surface area contributed by atoms with Crippen LogP contribution in [-0.2, 0) is 4.79 Å². The van der Waals surface area contributed by atoms with Crippen molar-refractivity contribution in [1.82, 2.24) is 9.91 Å². The molecule has 1 aromatic carbocycles. The molecule has 1 aliphatic rings. The average Bonchev–Trinajstić information content (AvgIpc) is 2.90. The quantitative estimate of drug-likeness (QED) is 0.310. The van der Waals surface area contributed by atoms with Crippen molar-refractivity contribution in [3.05, 3.63) is 66.0 Å². The van der Waals surface area contributed by atoms with Gasteiger partial charge in [0.1, 0.15) is 5.70 Å². The summed E-state index contributed by atoms with van der Waals surface area (Å²) in [4.78, 5) is 13.9. The van der Waals surface area contributed by atoms with Crippen molar-refractivity contribution >= 4 is 11.6 Å². The molecule has 0 spiro atoms. The van der Waals surface area contributed by atoms with E-state index in [2.05, 4.69) is 18.5 Å². The Labute approximate surface area is 171 Å². The van der Waals surface area contributed by atoms with Gasteiger partial charge in [0.15, 0.2) is 11.6 Å². The van der Waals surface area contributed by atoms with Crippen LogP contribution in [0.1, 0.15) is 1.43 Å². The fourth-order valence-corrected chi connectivity index (χ4v) is 3.41. The lowest BCUT2D eigenvalue weighted by molar-refractivity contribution is -0.129. The number of carbonyl (C=O) groups excluding carboxylic acids is 1. The lowest BCUT2D eigenvalue weighted by Crippen LogP contribution is -2.37. The van der Waals surface area contributed by atoms with Crippen LogP contribution in [0.25, 0.3) is 0 Å². The molecular formula is C19H25F5N4O2. The molecule has 1 heterocycles. The van der Waals surface area contributed by atoms with E-state index in [0.29, 0.717) is 5.01 Å². The predicted octanol–water partition coefficient (Wildman–Crippen LogP) is 2.82. The van der Waals surface area contributed by atoms with Gasteiger partial charge in [0, 0.05) is 33.7 Å². The fraction of sp³-hybridized carbons (Fsp3) is 0.316. The van der Waals surface area contributed by atoms with Gasteiger partial charge in [-0.15, -0.1) is 0 Å². The number of likely N-dealkylation sites (tertiary alicyclic amines) is 1. The van der Waals surface area contributed by atoms with Crippen molar-refractivity contribution in [3.8, 4) is 0 Å². The molecule has 0 saturated carbocycles. The Morgan fingerprint density at radius 3 is 2.50 bits per heavy atom. The third kappa shape index (κ3) is 4.79. The number of nitrogens with two attached hydrogens (primary N) is 1. The first-order valence-electron chi connectivity index (χ1n) is 8.47. The van der Waals surface area contributed by atoms with Crippen molar-refractivity contribution in [3.63, 3.8) is 0 Å².